The number of nitrogens with zero attached hydrogens (tertiary/aromatic N) is 1. The van der Waals surface area contributed by atoms with Gasteiger partial charge in [-0.3, -0.25) is 0 Å². The van der Waals surface area contributed by atoms with Crippen molar-refractivity contribution >= 4 is 27.3 Å². The van der Waals surface area contributed by atoms with Gasteiger partial charge in [-0.1, -0.05) is 0 Å². The number of imidazole rings is 1. The van der Waals surface area contributed by atoms with Crippen molar-refractivity contribution < 1.29 is 0 Å². The van der Waals surface area contributed by atoms with E-state index in [1.807, 2.05) is 10.8 Å². The summed E-state index contributed by atoms with van der Waals surface area (Å²) in [5.41, 5.74) is 7.06. The molecule has 0 saturated carbocycles. The van der Waals surface area contributed by atoms with Gasteiger partial charge in [-0.2, -0.15) is 11.3 Å². The second-order valence-electron chi connectivity index (χ2n) is 2.63. The van der Waals surface area contributed by atoms with Crippen molar-refractivity contribution in [3.8, 4) is 0 Å². The monoisotopic (exact) mass is 257 g/mol. The molecule has 2 rings (SSSR count). The van der Waals surface area contributed by atoms with Crippen LogP contribution in [0.25, 0.3) is 0 Å². The molecule has 0 aromatic carbocycles. The Bertz CT molecular complexity index is 382. The number of halogens is 1. The summed E-state index contributed by atoms with van der Waals surface area (Å²) in [6, 6.07) is -0.171. The minimum Gasteiger partial charge on any atom is -0.347 e. The maximum absolute atomic E-state index is 5.99. The van der Waals surface area contributed by atoms with Crippen LogP contribution in [0, 0.1) is 0 Å². The lowest BCUT2D eigenvalue weighted by molar-refractivity contribution is 0.801. The molecular formula is C8H8BrN3S. The zero-order chi connectivity index (χ0) is 9.26. The molecule has 0 bridgehead atoms. The summed E-state index contributed by atoms with van der Waals surface area (Å²) in [4.78, 5) is 7.12. The predicted octanol–water partition coefficient (Wildman–Crippen LogP) is 2.28. The van der Waals surface area contributed by atoms with Gasteiger partial charge in [-0.25, -0.2) is 4.98 Å². The largest absolute Gasteiger partial charge is 0.347 e. The van der Waals surface area contributed by atoms with Gasteiger partial charge in [0.15, 0.2) is 0 Å². The van der Waals surface area contributed by atoms with E-state index < -0.39 is 0 Å². The Labute approximate surface area is 88.1 Å². The number of hydrogen-bond donors (Lipinski definition) is 2. The van der Waals surface area contributed by atoms with Crippen LogP contribution in [0.15, 0.2) is 27.6 Å². The van der Waals surface area contributed by atoms with E-state index in [2.05, 4.69) is 25.9 Å². The molecule has 0 aliphatic carbocycles. The van der Waals surface area contributed by atoms with Gasteiger partial charge in [0.1, 0.15) is 5.82 Å². The fourth-order valence-electron chi connectivity index (χ4n) is 1.11. The summed E-state index contributed by atoms with van der Waals surface area (Å²) in [7, 11) is 0. The van der Waals surface area contributed by atoms with Crippen LogP contribution in [0.3, 0.4) is 0 Å². The van der Waals surface area contributed by atoms with Crippen molar-refractivity contribution in [2.45, 2.75) is 6.04 Å². The molecule has 2 heterocycles. The maximum Gasteiger partial charge on any atom is 0.127 e. The molecule has 13 heavy (non-hydrogen) atoms. The van der Waals surface area contributed by atoms with Gasteiger partial charge >= 0.3 is 0 Å². The number of aromatic nitrogens is 2. The molecule has 1 atom stereocenters. The second-order valence-corrected chi connectivity index (χ2v) is 4.23. The Hall–Kier alpha value is -0.650. The number of hydrogen-bond acceptors (Lipinski definition) is 3. The van der Waals surface area contributed by atoms with Crippen molar-refractivity contribution in [2.75, 3.05) is 0 Å². The lowest BCUT2D eigenvalue weighted by Crippen LogP contribution is -2.12. The highest BCUT2D eigenvalue weighted by molar-refractivity contribution is 9.10. The number of nitrogens with one attached hydrogen (secondary N) is 1. The zero-order valence-electron chi connectivity index (χ0n) is 6.70. The Morgan fingerprint density at radius 1 is 1.54 bits per heavy atom. The molecule has 2 aromatic heterocycles. The van der Waals surface area contributed by atoms with Gasteiger partial charge in [0.05, 0.1) is 6.04 Å². The minimum absolute atomic E-state index is 0.171. The normalized spacial score (nSPS) is 13.1. The summed E-state index contributed by atoms with van der Waals surface area (Å²) >= 11 is 5.06. The Balaban J connectivity index is 2.33. The van der Waals surface area contributed by atoms with E-state index in [4.69, 9.17) is 5.73 Å². The van der Waals surface area contributed by atoms with Crippen molar-refractivity contribution in [3.63, 3.8) is 0 Å². The SMILES string of the molecule is NC(c1ncc[nH]1)c1cscc1Br. The van der Waals surface area contributed by atoms with E-state index in [0.29, 0.717) is 0 Å². The third-order valence-corrected chi connectivity index (χ3v) is 3.54. The van der Waals surface area contributed by atoms with Gasteiger partial charge in [-0.05, 0) is 21.3 Å². The summed E-state index contributed by atoms with van der Waals surface area (Å²) in [5, 5.41) is 4.04. The van der Waals surface area contributed by atoms with Crippen LogP contribution in [-0.2, 0) is 0 Å². The van der Waals surface area contributed by atoms with E-state index >= 15 is 0 Å². The molecule has 0 radical (unpaired) electrons. The highest BCUT2D eigenvalue weighted by atomic mass is 79.9. The average Bonchev–Trinajstić information content (AvgIpc) is 2.72. The predicted molar refractivity (Wildman–Crippen MR) is 56.6 cm³/mol. The first-order chi connectivity index (χ1) is 6.29. The molecule has 3 N–H and O–H groups in total. The van der Waals surface area contributed by atoms with Crippen molar-refractivity contribution in [3.05, 3.63) is 39.0 Å². The van der Waals surface area contributed by atoms with Crippen LogP contribution in [0.1, 0.15) is 17.4 Å². The van der Waals surface area contributed by atoms with Crippen LogP contribution in [0.4, 0.5) is 0 Å². The third-order valence-electron chi connectivity index (χ3n) is 1.79. The number of thiophene rings is 1. The lowest BCUT2D eigenvalue weighted by atomic mass is 10.1. The van der Waals surface area contributed by atoms with E-state index in [9.17, 15) is 0 Å². The molecule has 0 spiro atoms. The smallest absolute Gasteiger partial charge is 0.127 e. The van der Waals surface area contributed by atoms with Gasteiger partial charge in [-0.15, -0.1) is 0 Å². The van der Waals surface area contributed by atoms with E-state index in [-0.39, 0.29) is 6.04 Å². The number of aromatic amines is 1. The Kier molecular flexibility index (Phi) is 2.48. The highest BCUT2D eigenvalue weighted by Gasteiger charge is 2.14. The second kappa shape index (κ2) is 3.61. The number of rotatable bonds is 2. The molecule has 68 valence electrons. The topological polar surface area (TPSA) is 54.7 Å². The van der Waals surface area contributed by atoms with Crippen LogP contribution < -0.4 is 5.73 Å². The summed E-state index contributed by atoms with van der Waals surface area (Å²) in [6.45, 7) is 0. The average molecular weight is 258 g/mol. The van der Waals surface area contributed by atoms with E-state index in [1.165, 1.54) is 0 Å². The first kappa shape index (κ1) is 8.93. The first-order valence-electron chi connectivity index (χ1n) is 3.75. The van der Waals surface area contributed by atoms with Gasteiger partial charge in [0, 0.05) is 27.8 Å². The molecule has 1 unspecified atom stereocenters. The van der Waals surface area contributed by atoms with Crippen molar-refractivity contribution in [1.29, 1.82) is 0 Å². The maximum atomic E-state index is 5.99. The molecule has 3 nitrogen and oxygen atoms in total. The van der Waals surface area contributed by atoms with Crippen molar-refractivity contribution in [2.24, 2.45) is 5.73 Å². The minimum atomic E-state index is -0.171. The van der Waals surface area contributed by atoms with Gasteiger partial charge < -0.3 is 10.7 Å². The molecular weight excluding hydrogens is 250 g/mol. The van der Waals surface area contributed by atoms with Crippen molar-refractivity contribution in [1.82, 2.24) is 9.97 Å². The van der Waals surface area contributed by atoms with Gasteiger partial charge in [0.2, 0.25) is 0 Å². The molecule has 5 heteroatoms. The molecule has 0 aliphatic rings. The third kappa shape index (κ3) is 1.67. The van der Waals surface area contributed by atoms with Crippen LogP contribution in [0.2, 0.25) is 0 Å². The Morgan fingerprint density at radius 2 is 2.38 bits per heavy atom. The van der Waals surface area contributed by atoms with Crippen LogP contribution in [-0.4, -0.2) is 9.97 Å². The lowest BCUT2D eigenvalue weighted by Gasteiger charge is -2.06. The van der Waals surface area contributed by atoms with E-state index in [0.717, 1.165) is 15.9 Å². The molecule has 0 fully saturated rings. The van der Waals surface area contributed by atoms with Crippen LogP contribution in [0.5, 0.6) is 0 Å². The van der Waals surface area contributed by atoms with E-state index in [1.54, 1.807) is 23.7 Å². The molecule has 2 aromatic rings. The fourth-order valence-corrected chi connectivity index (χ4v) is 2.69. The molecule has 0 saturated heterocycles. The molecule has 0 aliphatic heterocycles. The fraction of sp³-hybridized carbons (Fsp3) is 0.125. The summed E-state index contributed by atoms with van der Waals surface area (Å²) in [6.07, 6.45) is 3.48. The number of H-pyrrole nitrogens is 1. The summed E-state index contributed by atoms with van der Waals surface area (Å²) in [5.74, 6) is 0.791. The quantitative estimate of drug-likeness (QED) is 0.868. The Morgan fingerprint density at radius 3 is 2.92 bits per heavy atom. The highest BCUT2D eigenvalue weighted by Crippen LogP contribution is 2.28. The standard InChI is InChI=1S/C8H8BrN3S/c9-6-4-13-3-5(6)7(10)8-11-1-2-12-8/h1-4,7H,10H2,(H,11,12). The van der Waals surface area contributed by atoms with Gasteiger partial charge in [0.25, 0.3) is 0 Å². The molecule has 0 amide bonds. The first-order valence-corrected chi connectivity index (χ1v) is 5.49. The zero-order valence-corrected chi connectivity index (χ0v) is 9.10. The summed E-state index contributed by atoms with van der Waals surface area (Å²) < 4.78 is 1.04. The number of nitrogens with two attached hydrogens (primary N) is 1. The van der Waals surface area contributed by atoms with Crippen LogP contribution >= 0.6 is 27.3 Å².